The number of anilines is 2. The van der Waals surface area contributed by atoms with Gasteiger partial charge in [0.15, 0.2) is 0 Å². The highest BCUT2D eigenvalue weighted by atomic mass is 19.1. The van der Waals surface area contributed by atoms with Crippen LogP contribution in [0.15, 0.2) is 97.8 Å². The van der Waals surface area contributed by atoms with Gasteiger partial charge in [-0.2, -0.15) is 0 Å². The number of carboxylic acids is 1. The first-order valence-corrected chi connectivity index (χ1v) is 20.1. The minimum absolute atomic E-state index is 0.0293. The molecule has 61 heavy (non-hydrogen) atoms. The van der Waals surface area contributed by atoms with Gasteiger partial charge in [0.25, 0.3) is 5.91 Å². The predicted octanol–water partition coefficient (Wildman–Crippen LogP) is 6.02. The van der Waals surface area contributed by atoms with Gasteiger partial charge in [-0.05, 0) is 112 Å². The number of rotatable bonds is 6. The number of carbonyl (C=O) groups is 2. The fourth-order valence-electron chi connectivity index (χ4n) is 7.92. The number of aromatic nitrogens is 8. The molecule has 312 valence electrons. The third kappa shape index (κ3) is 9.06. The zero-order valence-electron chi connectivity index (χ0n) is 33.2. The van der Waals surface area contributed by atoms with Crippen LogP contribution in [0, 0.1) is 23.5 Å². The summed E-state index contributed by atoms with van der Waals surface area (Å²) in [6.07, 6.45) is 15.8. The van der Waals surface area contributed by atoms with Crippen molar-refractivity contribution in [3.63, 3.8) is 0 Å². The molecular formula is C44H44F2N12O3. The van der Waals surface area contributed by atoms with E-state index in [0.717, 1.165) is 63.0 Å². The maximum absolute atomic E-state index is 14.1. The normalized spacial score (nSPS) is 14.8. The first-order chi connectivity index (χ1) is 29.6. The van der Waals surface area contributed by atoms with Crippen molar-refractivity contribution in [1.82, 2.24) is 48.9 Å². The second-order valence-corrected chi connectivity index (χ2v) is 15.2. The molecule has 2 fully saturated rings. The molecule has 15 nitrogen and oxygen atoms in total. The Morgan fingerprint density at radius 2 is 1.16 bits per heavy atom. The van der Waals surface area contributed by atoms with E-state index >= 15 is 0 Å². The Kier molecular flexibility index (Phi) is 12.0. The first kappa shape index (κ1) is 40.6. The van der Waals surface area contributed by atoms with Crippen LogP contribution in [-0.2, 0) is 12.8 Å². The number of nitrogen functional groups attached to an aromatic ring is 2. The molecule has 6 N–H and O–H groups in total. The molecule has 1 amide bonds. The number of likely N-dealkylation sites (tertiary alicyclic amines) is 1. The van der Waals surface area contributed by atoms with Crippen LogP contribution in [-0.4, -0.2) is 86.8 Å². The van der Waals surface area contributed by atoms with E-state index in [-0.39, 0.29) is 40.2 Å². The molecule has 0 bridgehead atoms. The van der Waals surface area contributed by atoms with Crippen molar-refractivity contribution in [2.45, 2.75) is 38.5 Å². The number of aromatic carboxylic acids is 1. The van der Waals surface area contributed by atoms with E-state index in [4.69, 9.17) is 26.5 Å². The van der Waals surface area contributed by atoms with E-state index in [1.165, 1.54) is 30.6 Å². The van der Waals surface area contributed by atoms with Crippen molar-refractivity contribution in [3.05, 3.63) is 132 Å². The van der Waals surface area contributed by atoms with Crippen molar-refractivity contribution >= 4 is 56.9 Å². The van der Waals surface area contributed by atoms with E-state index in [9.17, 15) is 18.4 Å². The summed E-state index contributed by atoms with van der Waals surface area (Å²) < 4.78 is 31.5. The second-order valence-electron chi connectivity index (χ2n) is 15.2. The van der Waals surface area contributed by atoms with Crippen molar-refractivity contribution in [1.29, 1.82) is 0 Å². The van der Waals surface area contributed by atoms with E-state index in [2.05, 4.69) is 25.3 Å². The van der Waals surface area contributed by atoms with Crippen molar-refractivity contribution in [3.8, 4) is 0 Å². The lowest BCUT2D eigenvalue weighted by molar-refractivity contribution is 0.0683. The van der Waals surface area contributed by atoms with Crippen LogP contribution in [0.2, 0.25) is 0 Å². The number of hydrogen-bond donors (Lipinski definition) is 4. The van der Waals surface area contributed by atoms with Crippen LogP contribution in [0.5, 0.6) is 0 Å². The summed E-state index contributed by atoms with van der Waals surface area (Å²) >= 11 is 0. The Hall–Kier alpha value is -7.14. The number of nitrogens with two attached hydrogens (primary N) is 2. The Labute approximate surface area is 348 Å². The van der Waals surface area contributed by atoms with E-state index < -0.39 is 11.8 Å². The summed E-state index contributed by atoms with van der Waals surface area (Å²) in [6.45, 7) is 3.55. The lowest BCUT2D eigenvalue weighted by atomic mass is 9.92. The molecule has 17 heteroatoms. The molecule has 8 aromatic rings. The fraction of sp³-hybridized carbons (Fsp3) is 0.273. The summed E-state index contributed by atoms with van der Waals surface area (Å²) in [4.78, 5) is 50.1. The highest BCUT2D eigenvalue weighted by molar-refractivity contribution is 5.94. The number of amides is 1. The second kappa shape index (κ2) is 18.0. The third-order valence-corrected chi connectivity index (χ3v) is 11.1. The molecule has 2 aromatic carbocycles. The standard InChI is InChI=1S/C22H21FN6O.C16H18FN5.C6H5NO2/c23-18-5-1-4-17-19(18)27-22(24)29-13-16(26-20(17)29)11-14-6-9-28(10-7-14)21(30)15-3-2-8-25-12-15;17-13-3-1-2-12-14(13)21-16(18)22-9-11(20-15(12)22)8-10-4-6-19-7-5-10;8-6(9)5-2-1-3-7-4-5/h1-5,8,12-14H,6-7,9-11H2,(H2,24,27);1-3,9-10,19H,4-8H2,(H2,18,21);1-4H,(H,8,9). The Bertz CT molecular complexity index is 2820. The number of para-hydroxylation sites is 2. The Balaban J connectivity index is 0.000000144. The summed E-state index contributed by atoms with van der Waals surface area (Å²) in [5.41, 5.74) is 16.6. The van der Waals surface area contributed by atoms with Gasteiger partial charge in [0.2, 0.25) is 11.9 Å². The summed E-state index contributed by atoms with van der Waals surface area (Å²) in [5.74, 6) is -0.125. The predicted molar refractivity (Wildman–Crippen MR) is 227 cm³/mol. The number of fused-ring (bicyclic) bond motifs is 6. The van der Waals surface area contributed by atoms with Crippen molar-refractivity contribution in [2.24, 2.45) is 11.8 Å². The minimum atomic E-state index is -0.942. The smallest absolute Gasteiger partial charge is 0.337 e. The topological polar surface area (TPSA) is 208 Å². The van der Waals surface area contributed by atoms with Gasteiger partial charge in [0.1, 0.15) is 34.0 Å². The highest BCUT2D eigenvalue weighted by Crippen LogP contribution is 2.28. The largest absolute Gasteiger partial charge is 0.478 e. The monoisotopic (exact) mass is 826 g/mol. The molecule has 10 rings (SSSR count). The van der Waals surface area contributed by atoms with Crippen LogP contribution in [0.3, 0.4) is 0 Å². The number of halogens is 2. The van der Waals surface area contributed by atoms with E-state index in [1.54, 1.807) is 57.6 Å². The van der Waals surface area contributed by atoms with Crippen LogP contribution in [0.1, 0.15) is 57.8 Å². The molecule has 0 radical (unpaired) electrons. The fourth-order valence-corrected chi connectivity index (χ4v) is 7.92. The molecule has 2 aliphatic rings. The van der Waals surface area contributed by atoms with Crippen molar-refractivity contribution < 1.29 is 23.5 Å². The number of imidazole rings is 2. The summed E-state index contributed by atoms with van der Waals surface area (Å²) in [7, 11) is 0. The van der Waals surface area contributed by atoms with Gasteiger partial charge in [-0.1, -0.05) is 12.1 Å². The molecule has 0 spiro atoms. The molecule has 0 aliphatic carbocycles. The average molecular weight is 827 g/mol. The van der Waals surface area contributed by atoms with Crippen molar-refractivity contribution in [2.75, 3.05) is 37.6 Å². The van der Waals surface area contributed by atoms with E-state index in [1.807, 2.05) is 23.4 Å². The van der Waals surface area contributed by atoms with Crippen LogP contribution < -0.4 is 16.8 Å². The number of pyridine rings is 2. The molecule has 0 atom stereocenters. The Morgan fingerprint density at radius 3 is 1.62 bits per heavy atom. The zero-order chi connectivity index (χ0) is 42.5. The minimum Gasteiger partial charge on any atom is -0.478 e. The molecule has 2 aliphatic heterocycles. The van der Waals surface area contributed by atoms with E-state index in [0.29, 0.717) is 52.6 Å². The number of hydrogen-bond acceptors (Lipinski definition) is 11. The molecule has 0 saturated carbocycles. The zero-order valence-corrected chi connectivity index (χ0v) is 33.2. The number of nitrogens with zero attached hydrogens (tertiary/aromatic N) is 9. The summed E-state index contributed by atoms with van der Waals surface area (Å²) in [5, 5.41) is 13.1. The lowest BCUT2D eigenvalue weighted by Gasteiger charge is -2.31. The molecule has 6 aromatic heterocycles. The molecular weight excluding hydrogens is 783 g/mol. The van der Waals surface area contributed by atoms with Gasteiger partial charge in [-0.3, -0.25) is 23.6 Å². The van der Waals surface area contributed by atoms with Gasteiger partial charge in [0, 0.05) is 61.0 Å². The molecule has 8 heterocycles. The van der Waals surface area contributed by atoms with Gasteiger partial charge >= 0.3 is 5.97 Å². The SMILES string of the molecule is Nc1nc2c(F)cccc2c2nc(CC3CCN(C(=O)c4cccnc4)CC3)cn12.Nc1nc2c(F)cccc2c2nc(CC3CCNCC3)cn12.O=C(O)c1cccnc1. The number of nitrogens with one attached hydrogen (secondary N) is 1. The van der Waals surface area contributed by atoms with Gasteiger partial charge in [-0.15, -0.1) is 0 Å². The Morgan fingerprint density at radius 1 is 0.672 bits per heavy atom. The first-order valence-electron chi connectivity index (χ1n) is 20.1. The van der Waals surface area contributed by atoms with Gasteiger partial charge in [-0.25, -0.2) is 33.5 Å². The number of benzene rings is 2. The lowest BCUT2D eigenvalue weighted by Crippen LogP contribution is -2.39. The number of carboxylic acid groups (broad SMARTS) is 1. The quantitative estimate of drug-likeness (QED) is 0.152. The number of piperidine rings is 2. The summed E-state index contributed by atoms with van der Waals surface area (Å²) in [6, 6.07) is 16.4. The highest BCUT2D eigenvalue weighted by Gasteiger charge is 2.25. The van der Waals surface area contributed by atoms with Gasteiger partial charge in [0.05, 0.1) is 22.5 Å². The van der Waals surface area contributed by atoms with Crippen LogP contribution >= 0.6 is 0 Å². The molecule has 2 saturated heterocycles. The average Bonchev–Trinajstić information content (AvgIpc) is 3.92. The maximum atomic E-state index is 14.1. The third-order valence-electron chi connectivity index (χ3n) is 11.1. The maximum Gasteiger partial charge on any atom is 0.337 e. The van der Waals surface area contributed by atoms with Crippen LogP contribution in [0.25, 0.3) is 33.1 Å². The number of carbonyl (C=O) groups excluding carboxylic acids is 1. The molecule has 0 unspecified atom stereocenters. The van der Waals surface area contributed by atoms with Crippen LogP contribution in [0.4, 0.5) is 20.7 Å². The van der Waals surface area contributed by atoms with Gasteiger partial charge < -0.3 is 26.8 Å².